The second-order valence-electron chi connectivity index (χ2n) is 3.76. The zero-order chi connectivity index (χ0) is 14.3. The second-order valence-corrected chi connectivity index (χ2v) is 6.89. The van der Waals surface area contributed by atoms with Crippen LogP contribution in [0, 0.1) is 0 Å². The van der Waals surface area contributed by atoms with E-state index < -0.39 is 5.97 Å². The Labute approximate surface area is 138 Å². The van der Waals surface area contributed by atoms with Gasteiger partial charge in [-0.2, -0.15) is 4.98 Å². The topological polar surface area (TPSA) is 68.0 Å². The molecule has 0 aliphatic rings. The fourth-order valence-corrected chi connectivity index (χ4v) is 4.07. The summed E-state index contributed by atoms with van der Waals surface area (Å²) >= 11 is 9.29. The van der Waals surface area contributed by atoms with E-state index in [1.54, 1.807) is 12.1 Å². The molecule has 0 bridgehead atoms. The molecule has 0 aliphatic heterocycles. The van der Waals surface area contributed by atoms with E-state index in [1.165, 1.54) is 20.5 Å². The van der Waals surface area contributed by atoms with Gasteiger partial charge in [0.15, 0.2) is 5.65 Å². The maximum Gasteiger partial charge on any atom is 0.345 e. The van der Waals surface area contributed by atoms with E-state index in [0.29, 0.717) is 11.3 Å². The molecule has 0 spiro atoms. The number of fused-ring (bicyclic) bond motifs is 1. The van der Waals surface area contributed by atoms with E-state index in [0.717, 1.165) is 10.3 Å². The van der Waals surface area contributed by atoms with Gasteiger partial charge in [0, 0.05) is 41.9 Å². The predicted octanol–water partition coefficient (Wildman–Crippen LogP) is 4.36. The predicted molar refractivity (Wildman–Crippen MR) is 89.8 cm³/mol. The Morgan fingerprint density at radius 2 is 2.20 bits per heavy atom. The van der Waals surface area contributed by atoms with Crippen LogP contribution >= 0.6 is 53.3 Å². The summed E-state index contributed by atoms with van der Waals surface area (Å²) in [6, 6.07) is 5.20. The van der Waals surface area contributed by atoms with E-state index in [1.807, 2.05) is 16.2 Å². The van der Waals surface area contributed by atoms with Crippen molar-refractivity contribution in [2.75, 3.05) is 0 Å². The van der Waals surface area contributed by atoms with Crippen molar-refractivity contribution in [1.29, 1.82) is 0 Å². The number of aromatic nitrogens is 3. The summed E-state index contributed by atoms with van der Waals surface area (Å²) in [5, 5.41) is 9.98. The normalized spacial score (nSPS) is 11.1. The second kappa shape index (κ2) is 5.51. The fourth-order valence-electron chi connectivity index (χ4n) is 1.79. The Kier molecular flexibility index (Phi) is 3.89. The summed E-state index contributed by atoms with van der Waals surface area (Å²) in [6.45, 7) is 0. The first-order chi connectivity index (χ1) is 9.60. The molecule has 3 aromatic heterocycles. The number of halogens is 2. The first kappa shape index (κ1) is 14.1. The van der Waals surface area contributed by atoms with Crippen LogP contribution in [-0.2, 0) is 0 Å². The minimum atomic E-state index is -0.946. The summed E-state index contributed by atoms with van der Waals surface area (Å²) in [5.74, 6) is -0.946. The molecule has 0 aromatic carbocycles. The molecule has 20 heavy (non-hydrogen) atoms. The fraction of sp³-hybridized carbons (Fsp3) is 0. The van der Waals surface area contributed by atoms with Crippen molar-refractivity contribution in [2.45, 2.75) is 0 Å². The number of carboxylic acid groups (broad SMARTS) is 1. The van der Waals surface area contributed by atoms with Crippen LogP contribution in [-0.4, -0.2) is 25.0 Å². The highest BCUT2D eigenvalue weighted by Gasteiger charge is 2.16. The molecular weight excluding hydrogens is 433 g/mol. The van der Waals surface area contributed by atoms with E-state index in [-0.39, 0.29) is 10.2 Å². The van der Waals surface area contributed by atoms with Gasteiger partial charge in [-0.1, -0.05) is 0 Å². The standard InChI is InChI=1S/C11H5ClIN3O2S2/c12-11-14-8(6-1-2-7(19-6)10(17)18)5-3-4-16(20-13)9(5)15-11/h1-4H,(H,17,18). The molecule has 0 aliphatic carbocycles. The SMILES string of the molecule is O=C(O)c1ccc(-c2nc(Cl)nc3c2ccn3SI)s1. The van der Waals surface area contributed by atoms with Crippen molar-refractivity contribution in [2.24, 2.45) is 0 Å². The third kappa shape index (κ3) is 2.41. The average molecular weight is 438 g/mol. The zero-order valence-corrected chi connectivity index (χ0v) is 14.1. The lowest BCUT2D eigenvalue weighted by Gasteiger charge is -2.02. The summed E-state index contributed by atoms with van der Waals surface area (Å²) in [5.41, 5.74) is 1.37. The lowest BCUT2D eigenvalue weighted by Crippen LogP contribution is -1.91. The van der Waals surface area contributed by atoms with Gasteiger partial charge in [0.2, 0.25) is 5.28 Å². The van der Waals surface area contributed by atoms with E-state index in [2.05, 4.69) is 31.2 Å². The maximum atomic E-state index is 11.0. The Morgan fingerprint density at radius 1 is 1.40 bits per heavy atom. The molecule has 5 nitrogen and oxygen atoms in total. The van der Waals surface area contributed by atoms with Crippen molar-refractivity contribution < 1.29 is 9.90 Å². The van der Waals surface area contributed by atoms with Crippen LogP contribution in [0.2, 0.25) is 5.28 Å². The van der Waals surface area contributed by atoms with Crippen LogP contribution < -0.4 is 0 Å². The van der Waals surface area contributed by atoms with Crippen molar-refractivity contribution >= 4 is 70.3 Å². The number of nitrogens with zero attached hydrogens (tertiary/aromatic N) is 3. The highest BCUT2D eigenvalue weighted by Crippen LogP contribution is 2.34. The van der Waals surface area contributed by atoms with Gasteiger partial charge >= 0.3 is 5.97 Å². The van der Waals surface area contributed by atoms with Crippen molar-refractivity contribution in [1.82, 2.24) is 13.9 Å². The van der Waals surface area contributed by atoms with Crippen molar-refractivity contribution in [3.63, 3.8) is 0 Å². The Bertz CT molecular complexity index is 817. The third-order valence-electron chi connectivity index (χ3n) is 2.61. The monoisotopic (exact) mass is 437 g/mol. The minimum Gasteiger partial charge on any atom is -0.477 e. The molecule has 3 aromatic rings. The molecular formula is C11H5ClIN3O2S2. The molecule has 0 atom stereocenters. The van der Waals surface area contributed by atoms with Crippen LogP contribution in [0.3, 0.4) is 0 Å². The van der Waals surface area contributed by atoms with E-state index >= 15 is 0 Å². The smallest absolute Gasteiger partial charge is 0.345 e. The Hall–Kier alpha value is -0.840. The van der Waals surface area contributed by atoms with Crippen LogP contribution in [0.15, 0.2) is 24.4 Å². The van der Waals surface area contributed by atoms with Crippen molar-refractivity contribution in [3.8, 4) is 10.6 Å². The Balaban J connectivity index is 2.24. The molecule has 1 N–H and O–H groups in total. The highest BCUT2D eigenvalue weighted by molar-refractivity contribution is 14.2. The number of hydrogen-bond acceptors (Lipinski definition) is 5. The van der Waals surface area contributed by atoms with Gasteiger partial charge in [-0.15, -0.1) is 11.3 Å². The molecule has 0 saturated heterocycles. The summed E-state index contributed by atoms with van der Waals surface area (Å²) in [4.78, 5) is 20.4. The van der Waals surface area contributed by atoms with Gasteiger partial charge in [0.25, 0.3) is 0 Å². The molecule has 3 rings (SSSR count). The van der Waals surface area contributed by atoms with Crippen molar-refractivity contribution in [3.05, 3.63) is 34.6 Å². The van der Waals surface area contributed by atoms with Gasteiger partial charge < -0.3 is 5.11 Å². The number of hydrogen-bond donors (Lipinski definition) is 1. The zero-order valence-electron chi connectivity index (χ0n) is 9.58. The van der Waals surface area contributed by atoms with Crippen LogP contribution in [0.5, 0.6) is 0 Å². The maximum absolute atomic E-state index is 11.0. The van der Waals surface area contributed by atoms with Gasteiger partial charge in [0.05, 0.1) is 10.6 Å². The first-order valence-corrected chi connectivity index (χ1v) is 9.78. The van der Waals surface area contributed by atoms with Gasteiger partial charge in [-0.25, -0.2) is 9.78 Å². The quantitative estimate of drug-likeness (QED) is 0.487. The van der Waals surface area contributed by atoms with Crippen LogP contribution in [0.1, 0.15) is 9.67 Å². The molecule has 3 heterocycles. The van der Waals surface area contributed by atoms with Gasteiger partial charge in [0.1, 0.15) is 4.88 Å². The number of rotatable bonds is 3. The lowest BCUT2D eigenvalue weighted by molar-refractivity contribution is 0.0702. The molecule has 0 saturated carbocycles. The van der Waals surface area contributed by atoms with Crippen LogP contribution in [0.4, 0.5) is 0 Å². The average Bonchev–Trinajstić information content (AvgIpc) is 3.04. The minimum absolute atomic E-state index is 0.142. The number of thiophene rings is 1. The molecule has 0 amide bonds. The first-order valence-electron chi connectivity index (χ1n) is 5.27. The van der Waals surface area contributed by atoms with Gasteiger partial charge in [-0.05, 0) is 29.8 Å². The van der Waals surface area contributed by atoms with E-state index in [4.69, 9.17) is 16.7 Å². The number of carbonyl (C=O) groups is 1. The van der Waals surface area contributed by atoms with Gasteiger partial charge in [-0.3, -0.25) is 3.97 Å². The molecule has 0 unspecified atom stereocenters. The summed E-state index contributed by atoms with van der Waals surface area (Å²) in [6.07, 6.45) is 1.88. The molecule has 102 valence electrons. The molecule has 9 heteroatoms. The summed E-state index contributed by atoms with van der Waals surface area (Å²) in [7, 11) is 1.47. The Morgan fingerprint density at radius 3 is 2.85 bits per heavy atom. The van der Waals surface area contributed by atoms with Crippen LogP contribution in [0.25, 0.3) is 21.6 Å². The largest absolute Gasteiger partial charge is 0.477 e. The highest BCUT2D eigenvalue weighted by atomic mass is 127. The lowest BCUT2D eigenvalue weighted by atomic mass is 10.2. The number of carboxylic acids is 1. The summed E-state index contributed by atoms with van der Waals surface area (Å²) < 4.78 is 1.87. The number of aromatic carboxylic acids is 1. The molecule has 0 fully saturated rings. The molecule has 0 radical (unpaired) electrons. The van der Waals surface area contributed by atoms with E-state index in [9.17, 15) is 4.79 Å². The third-order valence-corrected chi connectivity index (χ3v) is 5.57.